The average molecular weight is 344 g/mol. The highest BCUT2D eigenvalue weighted by atomic mass is 35.5. The second kappa shape index (κ2) is 6.88. The number of aryl methyl sites for hydroxylation is 2. The Balaban J connectivity index is 1.67. The average Bonchev–Trinajstić information content (AvgIpc) is 3.06. The Labute approximate surface area is 145 Å². The Hall–Kier alpha value is -2.60. The van der Waals surface area contributed by atoms with Gasteiger partial charge in [0.2, 0.25) is 5.91 Å². The maximum Gasteiger partial charge on any atom is 0.247 e. The maximum atomic E-state index is 12.1. The number of hydrogen-bond acceptors (Lipinski definition) is 3. The van der Waals surface area contributed by atoms with Gasteiger partial charge >= 0.3 is 0 Å². The lowest BCUT2D eigenvalue weighted by molar-refractivity contribution is -0.117. The van der Waals surface area contributed by atoms with Crippen LogP contribution < -0.4 is 5.32 Å². The number of nitrogens with one attached hydrogen (secondary N) is 1. The summed E-state index contributed by atoms with van der Waals surface area (Å²) in [6.07, 6.45) is 1.67. The Bertz CT molecular complexity index is 868. The van der Waals surface area contributed by atoms with Gasteiger partial charge in [-0.05, 0) is 37.6 Å². The van der Waals surface area contributed by atoms with E-state index in [0.29, 0.717) is 17.4 Å². The van der Waals surface area contributed by atoms with Crippen molar-refractivity contribution in [3.8, 4) is 0 Å². The SMILES string of the molecule is Cc1ccnn1CC(=O)Nc1cc(C)n(Cc2cccc(Cl)c2)n1. The molecule has 0 aliphatic rings. The first-order valence-electron chi connectivity index (χ1n) is 7.58. The molecule has 0 fully saturated rings. The quantitative estimate of drug-likeness (QED) is 0.774. The summed E-state index contributed by atoms with van der Waals surface area (Å²) in [6, 6.07) is 11.3. The molecule has 3 rings (SSSR count). The highest BCUT2D eigenvalue weighted by Gasteiger charge is 2.10. The number of rotatable bonds is 5. The first-order chi connectivity index (χ1) is 11.5. The molecule has 24 heavy (non-hydrogen) atoms. The molecule has 0 bridgehead atoms. The second-order valence-electron chi connectivity index (χ2n) is 5.64. The zero-order chi connectivity index (χ0) is 17.1. The fourth-order valence-corrected chi connectivity index (χ4v) is 2.64. The number of anilines is 1. The third-order valence-electron chi connectivity index (χ3n) is 3.69. The van der Waals surface area contributed by atoms with Crippen molar-refractivity contribution in [1.29, 1.82) is 0 Å². The van der Waals surface area contributed by atoms with Gasteiger partial charge in [0.1, 0.15) is 6.54 Å². The fraction of sp³-hybridized carbons (Fsp3) is 0.235. The van der Waals surface area contributed by atoms with E-state index in [2.05, 4.69) is 15.5 Å². The summed E-state index contributed by atoms with van der Waals surface area (Å²) in [4.78, 5) is 12.1. The number of halogens is 1. The summed E-state index contributed by atoms with van der Waals surface area (Å²) in [7, 11) is 0. The molecule has 124 valence electrons. The molecule has 2 aromatic heterocycles. The van der Waals surface area contributed by atoms with Gasteiger partial charge in [0.05, 0.1) is 6.54 Å². The van der Waals surface area contributed by atoms with Crippen molar-refractivity contribution in [3.63, 3.8) is 0 Å². The first-order valence-corrected chi connectivity index (χ1v) is 7.96. The summed E-state index contributed by atoms with van der Waals surface area (Å²) in [6.45, 7) is 4.62. The Kier molecular flexibility index (Phi) is 4.66. The lowest BCUT2D eigenvalue weighted by atomic mass is 10.2. The second-order valence-corrected chi connectivity index (χ2v) is 6.07. The van der Waals surface area contributed by atoms with Crippen LogP contribution in [0.4, 0.5) is 5.82 Å². The van der Waals surface area contributed by atoms with Crippen molar-refractivity contribution in [2.45, 2.75) is 26.9 Å². The minimum absolute atomic E-state index is 0.158. The van der Waals surface area contributed by atoms with Crippen LogP contribution in [0.3, 0.4) is 0 Å². The lowest BCUT2D eigenvalue weighted by Gasteiger charge is -2.05. The van der Waals surface area contributed by atoms with Crippen molar-refractivity contribution in [2.75, 3.05) is 5.32 Å². The zero-order valence-electron chi connectivity index (χ0n) is 13.5. The van der Waals surface area contributed by atoms with Crippen LogP contribution in [0.25, 0.3) is 0 Å². The fourth-order valence-electron chi connectivity index (χ4n) is 2.42. The standard InChI is InChI=1S/C17H18ClN5O/c1-12-6-7-19-22(12)11-17(24)20-16-8-13(2)23(21-16)10-14-4-3-5-15(18)9-14/h3-9H,10-11H2,1-2H3,(H,20,21,24). The molecule has 1 amide bonds. The van der Waals surface area contributed by atoms with Crippen molar-refractivity contribution in [1.82, 2.24) is 19.6 Å². The van der Waals surface area contributed by atoms with E-state index < -0.39 is 0 Å². The van der Waals surface area contributed by atoms with E-state index in [1.807, 2.05) is 54.9 Å². The van der Waals surface area contributed by atoms with Gasteiger partial charge in [0, 0.05) is 28.7 Å². The predicted molar refractivity (Wildman–Crippen MR) is 93.1 cm³/mol. The van der Waals surface area contributed by atoms with E-state index in [0.717, 1.165) is 17.0 Å². The molecule has 0 unspecified atom stereocenters. The molecule has 2 heterocycles. The molecule has 0 atom stereocenters. The molecule has 0 aliphatic heterocycles. The topological polar surface area (TPSA) is 64.7 Å². The van der Waals surface area contributed by atoms with Gasteiger partial charge in [-0.3, -0.25) is 14.2 Å². The Morgan fingerprint density at radius 2 is 2.00 bits per heavy atom. The number of amides is 1. The summed E-state index contributed by atoms with van der Waals surface area (Å²) < 4.78 is 3.48. The minimum atomic E-state index is -0.158. The summed E-state index contributed by atoms with van der Waals surface area (Å²) in [5.41, 5.74) is 2.95. The predicted octanol–water partition coefficient (Wildman–Crippen LogP) is 3.04. The number of nitrogens with zero attached hydrogens (tertiary/aromatic N) is 4. The highest BCUT2D eigenvalue weighted by Crippen LogP contribution is 2.15. The summed E-state index contributed by atoms with van der Waals surface area (Å²) in [5.74, 6) is 0.374. The molecule has 0 spiro atoms. The van der Waals surface area contributed by atoms with Crippen molar-refractivity contribution in [2.24, 2.45) is 0 Å². The molecule has 0 radical (unpaired) electrons. The van der Waals surface area contributed by atoms with E-state index in [-0.39, 0.29) is 12.5 Å². The van der Waals surface area contributed by atoms with Gasteiger partial charge in [0.15, 0.2) is 5.82 Å². The zero-order valence-corrected chi connectivity index (χ0v) is 14.3. The summed E-state index contributed by atoms with van der Waals surface area (Å²) >= 11 is 6.01. The molecule has 0 saturated carbocycles. The minimum Gasteiger partial charge on any atom is -0.308 e. The van der Waals surface area contributed by atoms with E-state index in [1.165, 1.54) is 0 Å². The van der Waals surface area contributed by atoms with Crippen LogP contribution >= 0.6 is 11.6 Å². The van der Waals surface area contributed by atoms with Crippen LogP contribution in [0, 0.1) is 13.8 Å². The largest absolute Gasteiger partial charge is 0.308 e. The maximum absolute atomic E-state index is 12.1. The summed E-state index contributed by atoms with van der Waals surface area (Å²) in [5, 5.41) is 12.0. The Morgan fingerprint density at radius 3 is 2.71 bits per heavy atom. The molecule has 1 aromatic carbocycles. The number of hydrogen-bond donors (Lipinski definition) is 1. The van der Waals surface area contributed by atoms with Crippen LogP contribution in [-0.4, -0.2) is 25.5 Å². The number of benzene rings is 1. The molecular weight excluding hydrogens is 326 g/mol. The third-order valence-corrected chi connectivity index (χ3v) is 3.93. The van der Waals surface area contributed by atoms with Gasteiger partial charge in [-0.1, -0.05) is 23.7 Å². The van der Waals surface area contributed by atoms with E-state index in [9.17, 15) is 4.79 Å². The normalized spacial score (nSPS) is 10.8. The van der Waals surface area contributed by atoms with Gasteiger partial charge < -0.3 is 5.32 Å². The van der Waals surface area contributed by atoms with Crippen LogP contribution in [-0.2, 0) is 17.9 Å². The van der Waals surface area contributed by atoms with E-state index >= 15 is 0 Å². The smallest absolute Gasteiger partial charge is 0.247 e. The number of carbonyl (C=O) groups is 1. The molecule has 0 saturated heterocycles. The highest BCUT2D eigenvalue weighted by molar-refractivity contribution is 6.30. The monoisotopic (exact) mass is 343 g/mol. The van der Waals surface area contributed by atoms with Crippen LogP contribution in [0.1, 0.15) is 17.0 Å². The molecule has 3 aromatic rings. The molecule has 6 nitrogen and oxygen atoms in total. The van der Waals surface area contributed by atoms with Crippen molar-refractivity contribution in [3.05, 3.63) is 64.6 Å². The van der Waals surface area contributed by atoms with E-state index in [4.69, 9.17) is 11.6 Å². The van der Waals surface area contributed by atoms with Gasteiger partial charge in [0.25, 0.3) is 0 Å². The van der Waals surface area contributed by atoms with Crippen molar-refractivity contribution < 1.29 is 4.79 Å². The van der Waals surface area contributed by atoms with Gasteiger partial charge in [-0.25, -0.2) is 0 Å². The number of aromatic nitrogens is 4. The van der Waals surface area contributed by atoms with Crippen LogP contribution in [0.15, 0.2) is 42.6 Å². The first kappa shape index (κ1) is 16.3. The van der Waals surface area contributed by atoms with Crippen LogP contribution in [0.5, 0.6) is 0 Å². The molecule has 1 N–H and O–H groups in total. The van der Waals surface area contributed by atoms with Crippen LogP contribution in [0.2, 0.25) is 5.02 Å². The molecule has 7 heteroatoms. The van der Waals surface area contributed by atoms with Gasteiger partial charge in [-0.2, -0.15) is 10.2 Å². The molecule has 0 aliphatic carbocycles. The van der Waals surface area contributed by atoms with E-state index in [1.54, 1.807) is 10.9 Å². The van der Waals surface area contributed by atoms with Crippen molar-refractivity contribution >= 4 is 23.3 Å². The Morgan fingerprint density at radius 1 is 1.17 bits per heavy atom. The lowest BCUT2D eigenvalue weighted by Crippen LogP contribution is -2.20. The number of carbonyl (C=O) groups excluding carboxylic acids is 1. The third kappa shape index (κ3) is 3.83. The molecular formula is C17H18ClN5O. The van der Waals surface area contributed by atoms with Gasteiger partial charge in [-0.15, -0.1) is 0 Å².